The van der Waals surface area contributed by atoms with E-state index in [1.165, 1.54) is 19.2 Å². The van der Waals surface area contributed by atoms with Crippen molar-refractivity contribution in [1.29, 1.82) is 0 Å². The molecule has 1 aromatic carbocycles. The normalized spacial score (nSPS) is 22.3. The van der Waals surface area contributed by atoms with Crippen molar-refractivity contribution in [3.8, 4) is 5.75 Å². The predicted octanol–water partition coefficient (Wildman–Crippen LogP) is 1.16. The number of carbonyl (C=O) groups excluding carboxylic acids is 1. The topological polar surface area (TPSA) is 72.5 Å². The second-order valence-corrected chi connectivity index (χ2v) is 6.15. The molecule has 0 spiro atoms. The van der Waals surface area contributed by atoms with Crippen LogP contribution in [-0.4, -0.2) is 21.4 Å². The summed E-state index contributed by atoms with van der Waals surface area (Å²) in [5.41, 5.74) is 0. The van der Waals surface area contributed by atoms with Crippen LogP contribution in [0.15, 0.2) is 29.2 Å². The van der Waals surface area contributed by atoms with Gasteiger partial charge in [0.1, 0.15) is 5.75 Å². The van der Waals surface area contributed by atoms with Gasteiger partial charge in [0.25, 0.3) is 10.0 Å². The molecule has 0 heterocycles. The number of benzene rings is 1. The maximum absolute atomic E-state index is 12.0. The van der Waals surface area contributed by atoms with Crippen molar-refractivity contribution in [2.75, 3.05) is 7.11 Å². The van der Waals surface area contributed by atoms with E-state index < -0.39 is 15.9 Å². The van der Waals surface area contributed by atoms with Crippen LogP contribution < -0.4 is 9.46 Å². The molecular weight excluding hydrogens is 254 g/mol. The Labute approximate surface area is 106 Å². The second-order valence-electron chi connectivity index (χ2n) is 4.47. The largest absolute Gasteiger partial charge is 0.497 e. The van der Waals surface area contributed by atoms with Crippen molar-refractivity contribution in [2.45, 2.75) is 18.2 Å². The quantitative estimate of drug-likeness (QED) is 0.890. The van der Waals surface area contributed by atoms with Crippen LogP contribution in [0.5, 0.6) is 5.75 Å². The van der Waals surface area contributed by atoms with Gasteiger partial charge < -0.3 is 4.74 Å². The first kappa shape index (κ1) is 12.9. The van der Waals surface area contributed by atoms with Gasteiger partial charge in [-0.3, -0.25) is 4.79 Å². The standard InChI is InChI=1S/C12H15NO4S/c1-8-6-11(8)12(14)13-18(15,16)10-5-3-4-9(7-10)17-2/h3-5,7-8,11H,6H2,1-2H3,(H,13,14)/t8-,11+/m0/s1. The summed E-state index contributed by atoms with van der Waals surface area (Å²) in [6.45, 7) is 1.92. The third kappa shape index (κ3) is 2.64. The van der Waals surface area contributed by atoms with Gasteiger partial charge in [-0.2, -0.15) is 0 Å². The first-order valence-corrected chi connectivity index (χ1v) is 7.13. The third-order valence-electron chi connectivity index (χ3n) is 3.03. The summed E-state index contributed by atoms with van der Waals surface area (Å²) < 4.78 is 31.0. The highest BCUT2D eigenvalue weighted by molar-refractivity contribution is 7.90. The van der Waals surface area contributed by atoms with Crippen LogP contribution in [0.1, 0.15) is 13.3 Å². The molecule has 1 amide bonds. The Morgan fingerprint density at radius 1 is 1.44 bits per heavy atom. The molecule has 1 N–H and O–H groups in total. The van der Waals surface area contributed by atoms with Gasteiger partial charge in [0.05, 0.1) is 12.0 Å². The van der Waals surface area contributed by atoms with Crippen molar-refractivity contribution >= 4 is 15.9 Å². The molecule has 0 radical (unpaired) electrons. The minimum absolute atomic E-state index is 0.0310. The highest BCUT2D eigenvalue weighted by Crippen LogP contribution is 2.37. The smallest absolute Gasteiger partial charge is 0.264 e. The summed E-state index contributed by atoms with van der Waals surface area (Å²) in [4.78, 5) is 11.7. The Morgan fingerprint density at radius 3 is 2.67 bits per heavy atom. The Morgan fingerprint density at radius 2 is 2.11 bits per heavy atom. The fourth-order valence-electron chi connectivity index (χ4n) is 1.72. The molecule has 1 fully saturated rings. The molecule has 0 unspecified atom stereocenters. The summed E-state index contributed by atoms with van der Waals surface area (Å²) >= 11 is 0. The van der Waals surface area contributed by atoms with E-state index in [-0.39, 0.29) is 16.7 Å². The molecule has 5 nitrogen and oxygen atoms in total. The molecule has 0 saturated heterocycles. The molecule has 1 aromatic rings. The number of hydrogen-bond acceptors (Lipinski definition) is 4. The lowest BCUT2D eigenvalue weighted by atomic mass is 10.3. The number of hydrogen-bond donors (Lipinski definition) is 1. The maximum Gasteiger partial charge on any atom is 0.264 e. The predicted molar refractivity (Wildman–Crippen MR) is 65.6 cm³/mol. The van der Waals surface area contributed by atoms with Crippen molar-refractivity contribution in [3.05, 3.63) is 24.3 Å². The lowest BCUT2D eigenvalue weighted by molar-refractivity contribution is -0.120. The van der Waals surface area contributed by atoms with E-state index in [0.29, 0.717) is 5.75 Å². The summed E-state index contributed by atoms with van der Waals surface area (Å²) in [5.74, 6) is 0.103. The zero-order valence-electron chi connectivity index (χ0n) is 10.2. The maximum atomic E-state index is 12.0. The SMILES string of the molecule is COc1cccc(S(=O)(=O)NC(=O)[C@@H]2C[C@@H]2C)c1. The van der Waals surface area contributed by atoms with E-state index >= 15 is 0 Å². The number of ether oxygens (including phenoxy) is 1. The van der Waals surface area contributed by atoms with Gasteiger partial charge in [0.2, 0.25) is 5.91 Å². The number of amides is 1. The summed E-state index contributed by atoms with van der Waals surface area (Å²) in [6.07, 6.45) is 0.749. The number of nitrogens with one attached hydrogen (secondary N) is 1. The second kappa shape index (κ2) is 4.61. The molecule has 98 valence electrons. The number of rotatable bonds is 4. The Kier molecular flexibility index (Phi) is 3.30. The third-order valence-corrected chi connectivity index (χ3v) is 4.38. The van der Waals surface area contributed by atoms with E-state index in [2.05, 4.69) is 4.72 Å². The Balaban J connectivity index is 2.17. The number of methoxy groups -OCH3 is 1. The van der Waals surface area contributed by atoms with Crippen molar-refractivity contribution in [1.82, 2.24) is 4.72 Å². The molecule has 1 aliphatic carbocycles. The van der Waals surface area contributed by atoms with Crippen LogP contribution in [0, 0.1) is 11.8 Å². The fraction of sp³-hybridized carbons (Fsp3) is 0.417. The molecule has 1 aliphatic rings. The molecule has 6 heteroatoms. The highest BCUT2D eigenvalue weighted by atomic mass is 32.2. The molecule has 2 rings (SSSR count). The van der Waals surface area contributed by atoms with Gasteiger partial charge in [-0.05, 0) is 24.5 Å². The molecule has 1 saturated carbocycles. The molecule has 0 aromatic heterocycles. The van der Waals surface area contributed by atoms with Gasteiger partial charge in [0.15, 0.2) is 0 Å². The molecular formula is C12H15NO4S. The van der Waals surface area contributed by atoms with Crippen LogP contribution in [0.2, 0.25) is 0 Å². The van der Waals surface area contributed by atoms with Crippen LogP contribution in [0.25, 0.3) is 0 Å². The lowest BCUT2D eigenvalue weighted by Crippen LogP contribution is -2.32. The van der Waals surface area contributed by atoms with Crippen LogP contribution in [0.4, 0.5) is 0 Å². The number of carbonyl (C=O) groups is 1. The van der Waals surface area contributed by atoms with Crippen molar-refractivity contribution in [2.24, 2.45) is 11.8 Å². The lowest BCUT2D eigenvalue weighted by Gasteiger charge is -2.07. The summed E-state index contributed by atoms with van der Waals surface area (Å²) in [5, 5.41) is 0. The van der Waals surface area contributed by atoms with Gasteiger partial charge in [-0.15, -0.1) is 0 Å². The molecule has 0 aliphatic heterocycles. The summed E-state index contributed by atoms with van der Waals surface area (Å²) in [6, 6.07) is 6.02. The van der Waals surface area contributed by atoms with E-state index in [9.17, 15) is 13.2 Å². The first-order chi connectivity index (χ1) is 8.44. The van der Waals surface area contributed by atoms with E-state index in [1.54, 1.807) is 12.1 Å². The van der Waals surface area contributed by atoms with Gasteiger partial charge in [0, 0.05) is 12.0 Å². The van der Waals surface area contributed by atoms with E-state index in [0.717, 1.165) is 6.42 Å². The molecule has 0 bridgehead atoms. The van der Waals surface area contributed by atoms with Gasteiger partial charge in [-0.1, -0.05) is 13.0 Å². The van der Waals surface area contributed by atoms with Gasteiger partial charge >= 0.3 is 0 Å². The van der Waals surface area contributed by atoms with Crippen LogP contribution >= 0.6 is 0 Å². The summed E-state index contributed by atoms with van der Waals surface area (Å²) in [7, 11) is -2.35. The minimum atomic E-state index is -3.80. The van der Waals surface area contributed by atoms with E-state index in [4.69, 9.17) is 4.74 Å². The zero-order valence-corrected chi connectivity index (χ0v) is 11.0. The Bertz CT molecular complexity index is 567. The monoisotopic (exact) mass is 269 g/mol. The average Bonchev–Trinajstić information content (AvgIpc) is 3.06. The minimum Gasteiger partial charge on any atom is -0.497 e. The number of sulfonamides is 1. The van der Waals surface area contributed by atoms with E-state index in [1.807, 2.05) is 6.92 Å². The van der Waals surface area contributed by atoms with Crippen molar-refractivity contribution in [3.63, 3.8) is 0 Å². The van der Waals surface area contributed by atoms with Crippen molar-refractivity contribution < 1.29 is 17.9 Å². The highest BCUT2D eigenvalue weighted by Gasteiger charge is 2.40. The first-order valence-electron chi connectivity index (χ1n) is 5.65. The molecule has 2 atom stereocenters. The molecule has 18 heavy (non-hydrogen) atoms. The Hall–Kier alpha value is -1.56. The fourth-order valence-corrected chi connectivity index (χ4v) is 2.79. The average molecular weight is 269 g/mol. The van der Waals surface area contributed by atoms with Crippen LogP contribution in [-0.2, 0) is 14.8 Å². The zero-order chi connectivity index (χ0) is 13.3. The van der Waals surface area contributed by atoms with Crippen LogP contribution in [0.3, 0.4) is 0 Å². The van der Waals surface area contributed by atoms with Gasteiger partial charge in [-0.25, -0.2) is 13.1 Å².